The van der Waals surface area contributed by atoms with Gasteiger partial charge in [-0.05, 0) is 36.1 Å². The monoisotopic (exact) mass is 252 g/mol. The van der Waals surface area contributed by atoms with Crippen molar-refractivity contribution < 1.29 is 0 Å². The fourth-order valence-electron chi connectivity index (χ4n) is 2.89. The minimum absolute atomic E-state index is 0.606. The molecule has 0 spiro atoms. The van der Waals surface area contributed by atoms with Gasteiger partial charge in [0.25, 0.3) is 0 Å². The van der Waals surface area contributed by atoms with Crippen LogP contribution in [0, 0.1) is 6.92 Å². The van der Waals surface area contributed by atoms with Crippen molar-refractivity contribution >= 4 is 5.69 Å². The van der Waals surface area contributed by atoms with Crippen LogP contribution in [0.2, 0.25) is 0 Å². The zero-order valence-corrected chi connectivity index (χ0v) is 11.4. The number of hydrogen-bond donors (Lipinski definition) is 1. The van der Waals surface area contributed by atoms with E-state index in [0.29, 0.717) is 6.54 Å². The Morgan fingerprint density at radius 2 is 1.89 bits per heavy atom. The number of nitrogens with two attached hydrogens (primary N) is 1. The molecule has 1 heterocycles. The van der Waals surface area contributed by atoms with E-state index in [0.717, 1.165) is 19.5 Å². The Balaban J connectivity index is 1.93. The highest BCUT2D eigenvalue weighted by atomic mass is 15.1. The molecule has 1 aliphatic rings. The molecule has 2 N–H and O–H groups in total. The van der Waals surface area contributed by atoms with Crippen molar-refractivity contribution in [2.24, 2.45) is 5.73 Å². The molecule has 0 unspecified atom stereocenters. The van der Waals surface area contributed by atoms with Gasteiger partial charge in [0.1, 0.15) is 0 Å². The molecule has 2 heteroatoms. The van der Waals surface area contributed by atoms with E-state index >= 15 is 0 Å². The quantitative estimate of drug-likeness (QED) is 0.890. The summed E-state index contributed by atoms with van der Waals surface area (Å²) in [4.78, 5) is 2.45. The Labute approximate surface area is 114 Å². The molecule has 0 saturated heterocycles. The van der Waals surface area contributed by atoms with E-state index in [1.165, 1.54) is 27.9 Å². The second-order valence-corrected chi connectivity index (χ2v) is 5.28. The van der Waals surface area contributed by atoms with Crippen molar-refractivity contribution in [1.82, 2.24) is 0 Å². The molecule has 98 valence electrons. The second kappa shape index (κ2) is 5.06. The molecule has 2 nitrogen and oxygen atoms in total. The number of anilines is 1. The smallest absolute Gasteiger partial charge is 0.0432 e. The number of hydrogen-bond acceptors (Lipinski definition) is 2. The topological polar surface area (TPSA) is 29.3 Å². The Morgan fingerprint density at radius 3 is 2.68 bits per heavy atom. The van der Waals surface area contributed by atoms with Crippen LogP contribution in [0.1, 0.15) is 22.3 Å². The van der Waals surface area contributed by atoms with Gasteiger partial charge in [0.15, 0.2) is 0 Å². The Hall–Kier alpha value is -1.80. The first-order valence-corrected chi connectivity index (χ1v) is 6.89. The maximum atomic E-state index is 5.89. The van der Waals surface area contributed by atoms with E-state index in [-0.39, 0.29) is 0 Å². The molecule has 2 aromatic rings. The third-order valence-corrected chi connectivity index (χ3v) is 3.93. The summed E-state index contributed by atoms with van der Waals surface area (Å²) < 4.78 is 0. The lowest BCUT2D eigenvalue weighted by Crippen LogP contribution is -2.31. The molecule has 2 aromatic carbocycles. The predicted octanol–water partition coefficient (Wildman–Crippen LogP) is 3.02. The lowest BCUT2D eigenvalue weighted by Gasteiger charge is -2.32. The predicted molar refractivity (Wildman–Crippen MR) is 80.3 cm³/mol. The molecule has 0 aromatic heterocycles. The molecule has 0 fully saturated rings. The van der Waals surface area contributed by atoms with Gasteiger partial charge in [-0.25, -0.2) is 0 Å². The van der Waals surface area contributed by atoms with Crippen LogP contribution in [0.25, 0.3) is 0 Å². The summed E-state index contributed by atoms with van der Waals surface area (Å²) >= 11 is 0. The van der Waals surface area contributed by atoms with Gasteiger partial charge in [0, 0.05) is 25.3 Å². The highest BCUT2D eigenvalue weighted by molar-refractivity contribution is 5.56. The van der Waals surface area contributed by atoms with Gasteiger partial charge >= 0.3 is 0 Å². The van der Waals surface area contributed by atoms with Gasteiger partial charge in [-0.1, -0.05) is 42.0 Å². The molecule has 1 aliphatic heterocycles. The first-order valence-electron chi connectivity index (χ1n) is 6.89. The van der Waals surface area contributed by atoms with E-state index in [9.17, 15) is 0 Å². The van der Waals surface area contributed by atoms with E-state index in [1.54, 1.807) is 0 Å². The van der Waals surface area contributed by atoms with Crippen LogP contribution in [-0.4, -0.2) is 6.54 Å². The third-order valence-electron chi connectivity index (χ3n) is 3.93. The Morgan fingerprint density at radius 1 is 1.11 bits per heavy atom. The van der Waals surface area contributed by atoms with Crippen LogP contribution in [-0.2, 0) is 19.5 Å². The van der Waals surface area contributed by atoms with Crippen LogP contribution in [0.15, 0.2) is 42.5 Å². The van der Waals surface area contributed by atoms with Crippen molar-refractivity contribution in [2.45, 2.75) is 26.4 Å². The van der Waals surface area contributed by atoms with Crippen molar-refractivity contribution in [3.8, 4) is 0 Å². The number of rotatable bonds is 2. The maximum Gasteiger partial charge on any atom is 0.0432 e. The molecule has 3 rings (SSSR count). The molecular weight excluding hydrogens is 232 g/mol. The maximum absolute atomic E-state index is 5.89. The minimum Gasteiger partial charge on any atom is -0.367 e. The van der Waals surface area contributed by atoms with Gasteiger partial charge in [-0.15, -0.1) is 0 Å². The van der Waals surface area contributed by atoms with E-state index in [4.69, 9.17) is 5.73 Å². The Bertz CT molecular complexity index is 590. The van der Waals surface area contributed by atoms with Crippen LogP contribution >= 0.6 is 0 Å². The molecule has 0 bridgehead atoms. The molecule has 0 radical (unpaired) electrons. The molecule has 0 saturated carbocycles. The van der Waals surface area contributed by atoms with Gasteiger partial charge in [-0.2, -0.15) is 0 Å². The summed E-state index contributed by atoms with van der Waals surface area (Å²) in [7, 11) is 0. The zero-order valence-electron chi connectivity index (χ0n) is 11.4. The molecular formula is C17H20N2. The van der Waals surface area contributed by atoms with Crippen LogP contribution in [0.4, 0.5) is 5.69 Å². The lowest BCUT2D eigenvalue weighted by molar-refractivity contribution is 0.726. The molecule has 19 heavy (non-hydrogen) atoms. The summed E-state index contributed by atoms with van der Waals surface area (Å²) in [6, 6.07) is 15.3. The van der Waals surface area contributed by atoms with Crippen LogP contribution < -0.4 is 10.6 Å². The highest BCUT2D eigenvalue weighted by Gasteiger charge is 2.17. The third kappa shape index (κ3) is 2.36. The number of nitrogens with zero attached hydrogens (tertiary/aromatic N) is 1. The average molecular weight is 252 g/mol. The fourth-order valence-corrected chi connectivity index (χ4v) is 2.89. The van der Waals surface area contributed by atoms with Gasteiger partial charge in [0.2, 0.25) is 0 Å². The SMILES string of the molecule is Cc1ccc(N2CCc3ccccc3C2)c(CN)c1. The zero-order chi connectivity index (χ0) is 13.2. The number of benzene rings is 2. The summed E-state index contributed by atoms with van der Waals surface area (Å²) in [5.41, 5.74) is 12.6. The van der Waals surface area contributed by atoms with E-state index < -0.39 is 0 Å². The fraction of sp³-hybridized carbons (Fsp3) is 0.294. The average Bonchev–Trinajstić information content (AvgIpc) is 2.46. The largest absolute Gasteiger partial charge is 0.367 e. The first kappa shape index (κ1) is 12.2. The molecule has 0 atom stereocenters. The van der Waals surface area contributed by atoms with Crippen molar-refractivity contribution in [2.75, 3.05) is 11.4 Å². The van der Waals surface area contributed by atoms with Crippen LogP contribution in [0.5, 0.6) is 0 Å². The first-order chi connectivity index (χ1) is 9.28. The lowest BCUT2D eigenvalue weighted by atomic mass is 9.98. The normalized spacial score (nSPS) is 14.3. The Kier molecular flexibility index (Phi) is 3.26. The number of aryl methyl sites for hydroxylation is 1. The van der Waals surface area contributed by atoms with E-state index in [2.05, 4.69) is 54.3 Å². The van der Waals surface area contributed by atoms with E-state index in [1.807, 2.05) is 0 Å². The van der Waals surface area contributed by atoms with Gasteiger partial charge in [-0.3, -0.25) is 0 Å². The van der Waals surface area contributed by atoms with Crippen molar-refractivity contribution in [3.05, 3.63) is 64.7 Å². The highest BCUT2D eigenvalue weighted by Crippen LogP contribution is 2.27. The summed E-state index contributed by atoms with van der Waals surface area (Å²) in [6.45, 7) is 4.79. The minimum atomic E-state index is 0.606. The summed E-state index contributed by atoms with van der Waals surface area (Å²) in [5.74, 6) is 0. The van der Waals surface area contributed by atoms with Crippen molar-refractivity contribution in [3.63, 3.8) is 0 Å². The van der Waals surface area contributed by atoms with Gasteiger partial charge < -0.3 is 10.6 Å². The summed E-state index contributed by atoms with van der Waals surface area (Å²) in [6.07, 6.45) is 1.12. The van der Waals surface area contributed by atoms with Gasteiger partial charge in [0.05, 0.1) is 0 Å². The second-order valence-electron chi connectivity index (χ2n) is 5.28. The van der Waals surface area contributed by atoms with Crippen molar-refractivity contribution in [1.29, 1.82) is 0 Å². The molecule has 0 amide bonds. The molecule has 0 aliphatic carbocycles. The van der Waals surface area contributed by atoms with Crippen LogP contribution in [0.3, 0.4) is 0 Å². The number of fused-ring (bicyclic) bond motifs is 1. The summed E-state index contributed by atoms with van der Waals surface area (Å²) in [5, 5.41) is 0. The standard InChI is InChI=1S/C17H20N2/c1-13-6-7-17(16(10-13)11-18)19-9-8-14-4-2-3-5-15(14)12-19/h2-7,10H,8-9,11-12,18H2,1H3.